The molecule has 0 spiro atoms. The Bertz CT molecular complexity index is 1270. The standard InChI is InChI=1S/C25H36ClN7O3S/c1-14(2)36-22-10-18(17-7-8-29-11-17)16(5)9-20(22)32-25-30-12-19(26)24(33-25)31-21(13-28-6)23(27)37(34,35)15(3)4/h9-10,12-15,17,27-29H,7-8,11H2,1-6H3,(H2,30,31,32,33)/b21-13+,27-23?. The van der Waals surface area contributed by atoms with Crippen molar-refractivity contribution in [2.24, 2.45) is 0 Å². The number of anilines is 3. The van der Waals surface area contributed by atoms with Gasteiger partial charge in [0.1, 0.15) is 10.8 Å². The largest absolute Gasteiger partial charge is 0.489 e. The van der Waals surface area contributed by atoms with Crippen LogP contribution in [0.4, 0.5) is 17.5 Å². The molecule has 10 nitrogen and oxygen atoms in total. The molecule has 202 valence electrons. The Kier molecular flexibility index (Phi) is 9.38. The lowest BCUT2D eigenvalue weighted by Crippen LogP contribution is -2.28. The van der Waals surface area contributed by atoms with Crippen molar-refractivity contribution in [1.82, 2.24) is 20.6 Å². The lowest BCUT2D eigenvalue weighted by molar-refractivity contribution is 0.243. The molecule has 0 aliphatic carbocycles. The van der Waals surface area contributed by atoms with Crippen LogP contribution in [0.5, 0.6) is 5.75 Å². The van der Waals surface area contributed by atoms with Crippen LogP contribution < -0.4 is 26.0 Å². The Morgan fingerprint density at radius 2 is 2.03 bits per heavy atom. The summed E-state index contributed by atoms with van der Waals surface area (Å²) in [5.74, 6) is 1.51. The first-order valence-corrected chi connectivity index (χ1v) is 14.1. The van der Waals surface area contributed by atoms with Gasteiger partial charge >= 0.3 is 0 Å². The number of nitrogens with zero attached hydrogens (tertiary/aromatic N) is 2. The van der Waals surface area contributed by atoms with Crippen LogP contribution in [0.15, 0.2) is 30.2 Å². The van der Waals surface area contributed by atoms with E-state index in [9.17, 15) is 8.42 Å². The first-order chi connectivity index (χ1) is 17.4. The van der Waals surface area contributed by atoms with E-state index in [1.54, 1.807) is 7.05 Å². The third-order valence-electron chi connectivity index (χ3n) is 5.91. The third kappa shape index (κ3) is 6.91. The quantitative estimate of drug-likeness (QED) is 0.216. The van der Waals surface area contributed by atoms with Gasteiger partial charge < -0.3 is 26.0 Å². The highest BCUT2D eigenvalue weighted by Crippen LogP contribution is 2.36. The zero-order valence-corrected chi connectivity index (χ0v) is 23.6. The second-order valence-corrected chi connectivity index (χ2v) is 12.3. The van der Waals surface area contributed by atoms with Crippen LogP contribution in [0.3, 0.4) is 0 Å². The fourth-order valence-corrected chi connectivity index (χ4v) is 4.99. The lowest BCUT2D eigenvalue weighted by atomic mass is 9.93. The average molecular weight is 550 g/mol. The fourth-order valence-electron chi connectivity index (χ4n) is 3.97. The van der Waals surface area contributed by atoms with Gasteiger partial charge in [-0.05, 0) is 76.8 Å². The summed E-state index contributed by atoms with van der Waals surface area (Å²) in [5.41, 5.74) is 3.09. The number of sulfone groups is 1. The van der Waals surface area contributed by atoms with Gasteiger partial charge in [-0.3, -0.25) is 5.41 Å². The molecule has 0 radical (unpaired) electrons. The number of halogens is 1. The van der Waals surface area contributed by atoms with E-state index in [4.69, 9.17) is 21.7 Å². The highest BCUT2D eigenvalue weighted by molar-refractivity contribution is 8.07. The summed E-state index contributed by atoms with van der Waals surface area (Å²) in [7, 11) is -2.23. The Hall–Kier alpha value is -2.89. The van der Waals surface area contributed by atoms with Gasteiger partial charge in [0.15, 0.2) is 20.7 Å². The molecule has 1 atom stereocenters. The van der Waals surface area contributed by atoms with Crippen molar-refractivity contribution in [1.29, 1.82) is 5.41 Å². The molecule has 2 heterocycles. The number of aromatic nitrogens is 2. The molecule has 1 aromatic heterocycles. The molecule has 1 unspecified atom stereocenters. The van der Waals surface area contributed by atoms with Crippen molar-refractivity contribution in [3.05, 3.63) is 46.4 Å². The smallest absolute Gasteiger partial charge is 0.229 e. The Morgan fingerprint density at radius 1 is 1.30 bits per heavy atom. The molecule has 37 heavy (non-hydrogen) atoms. The predicted octanol–water partition coefficient (Wildman–Crippen LogP) is 4.32. The summed E-state index contributed by atoms with van der Waals surface area (Å²) >= 11 is 6.33. The predicted molar refractivity (Wildman–Crippen MR) is 150 cm³/mol. The molecule has 1 fully saturated rings. The van der Waals surface area contributed by atoms with E-state index < -0.39 is 20.1 Å². The summed E-state index contributed by atoms with van der Waals surface area (Å²) in [6, 6.07) is 4.10. The molecule has 1 saturated heterocycles. The van der Waals surface area contributed by atoms with E-state index >= 15 is 0 Å². The minimum atomic E-state index is -3.83. The summed E-state index contributed by atoms with van der Waals surface area (Å²) in [6.07, 6.45) is 3.83. The number of nitrogens with one attached hydrogen (secondary N) is 5. The molecule has 12 heteroatoms. The molecule has 1 aliphatic heterocycles. The molecule has 1 aromatic carbocycles. The monoisotopic (exact) mass is 549 g/mol. The molecular formula is C25H36ClN7O3S. The average Bonchev–Trinajstić information content (AvgIpc) is 3.36. The first-order valence-electron chi connectivity index (χ1n) is 12.2. The second-order valence-electron chi connectivity index (χ2n) is 9.47. The van der Waals surface area contributed by atoms with Gasteiger partial charge in [0.05, 0.1) is 28.9 Å². The van der Waals surface area contributed by atoms with Crippen LogP contribution in [0.25, 0.3) is 0 Å². The Morgan fingerprint density at radius 3 is 2.62 bits per heavy atom. The van der Waals surface area contributed by atoms with Gasteiger partial charge in [0.25, 0.3) is 0 Å². The topological polar surface area (TPSA) is 141 Å². The number of hydrogen-bond acceptors (Lipinski definition) is 10. The van der Waals surface area contributed by atoms with Crippen LogP contribution in [0, 0.1) is 12.3 Å². The number of ether oxygens (including phenoxy) is 1. The molecule has 0 bridgehead atoms. The first kappa shape index (κ1) is 28.7. The van der Waals surface area contributed by atoms with Crippen molar-refractivity contribution in [2.45, 2.75) is 58.3 Å². The maximum Gasteiger partial charge on any atom is 0.229 e. The van der Waals surface area contributed by atoms with Crippen molar-refractivity contribution < 1.29 is 13.2 Å². The van der Waals surface area contributed by atoms with Gasteiger partial charge in [-0.1, -0.05) is 11.6 Å². The van der Waals surface area contributed by atoms with Gasteiger partial charge in [0, 0.05) is 19.8 Å². The van der Waals surface area contributed by atoms with Gasteiger partial charge in [-0.15, -0.1) is 0 Å². The van der Waals surface area contributed by atoms with Gasteiger partial charge in [-0.25, -0.2) is 13.4 Å². The lowest BCUT2D eigenvalue weighted by Gasteiger charge is -2.20. The molecule has 5 N–H and O–H groups in total. The van der Waals surface area contributed by atoms with Crippen LogP contribution in [-0.2, 0) is 9.84 Å². The van der Waals surface area contributed by atoms with Crippen molar-refractivity contribution in [3.8, 4) is 5.75 Å². The van der Waals surface area contributed by atoms with E-state index in [-0.39, 0.29) is 28.6 Å². The zero-order valence-electron chi connectivity index (χ0n) is 22.1. The summed E-state index contributed by atoms with van der Waals surface area (Å²) in [4.78, 5) is 8.75. The van der Waals surface area contributed by atoms with E-state index in [2.05, 4.69) is 44.2 Å². The van der Waals surface area contributed by atoms with Crippen LogP contribution in [0.1, 0.15) is 51.2 Å². The van der Waals surface area contributed by atoms with Crippen LogP contribution in [0.2, 0.25) is 5.02 Å². The molecular weight excluding hydrogens is 514 g/mol. The van der Waals surface area contributed by atoms with Gasteiger partial charge in [-0.2, -0.15) is 4.98 Å². The summed E-state index contributed by atoms with van der Waals surface area (Å²) in [6.45, 7) is 11.0. The SMILES string of the molecule is CN/C=C(/Nc1nc(Nc2cc(C)c(C3CCNC3)cc2OC(C)C)ncc1Cl)C(=N)S(=O)(=O)C(C)C. The van der Waals surface area contributed by atoms with E-state index in [1.807, 2.05) is 19.9 Å². The zero-order chi connectivity index (χ0) is 27.3. The van der Waals surface area contributed by atoms with E-state index in [1.165, 1.54) is 31.8 Å². The molecule has 1 aliphatic rings. The minimum absolute atomic E-state index is 0.0111. The Balaban J connectivity index is 1.94. The molecule has 3 rings (SSSR count). The van der Waals surface area contributed by atoms with Crippen molar-refractivity contribution in [3.63, 3.8) is 0 Å². The Labute approximate surface area is 224 Å². The molecule has 2 aromatic rings. The number of rotatable bonds is 10. The maximum atomic E-state index is 12.6. The summed E-state index contributed by atoms with van der Waals surface area (Å²) < 4.78 is 31.3. The van der Waals surface area contributed by atoms with Gasteiger partial charge in [0.2, 0.25) is 5.95 Å². The number of aryl methyl sites for hydroxylation is 1. The maximum absolute atomic E-state index is 12.6. The number of benzene rings is 1. The van der Waals surface area contributed by atoms with Crippen molar-refractivity contribution in [2.75, 3.05) is 30.8 Å². The normalized spacial score (nSPS) is 16.2. The number of hydrogen-bond donors (Lipinski definition) is 5. The molecule has 0 saturated carbocycles. The van der Waals surface area contributed by atoms with Crippen LogP contribution >= 0.6 is 11.6 Å². The second kappa shape index (κ2) is 12.1. The van der Waals surface area contributed by atoms with Crippen LogP contribution in [-0.4, -0.2) is 54.9 Å². The van der Waals surface area contributed by atoms with Crippen molar-refractivity contribution >= 4 is 43.9 Å². The van der Waals surface area contributed by atoms with E-state index in [0.717, 1.165) is 25.1 Å². The minimum Gasteiger partial charge on any atom is -0.489 e. The summed E-state index contributed by atoms with van der Waals surface area (Å²) in [5, 5.41) is 19.4. The third-order valence-corrected chi connectivity index (χ3v) is 8.22. The molecule has 0 amide bonds. The highest BCUT2D eigenvalue weighted by atomic mass is 35.5. The highest BCUT2D eigenvalue weighted by Gasteiger charge is 2.27. The fraction of sp³-hybridized carbons (Fsp3) is 0.480. The van der Waals surface area contributed by atoms with E-state index in [0.29, 0.717) is 17.4 Å².